The van der Waals surface area contributed by atoms with Crippen LogP contribution in [-0.2, 0) is 28.0 Å². The first-order valence-electron chi connectivity index (χ1n) is 14.8. The number of halogens is 3. The predicted octanol–water partition coefficient (Wildman–Crippen LogP) is 3.54. The van der Waals surface area contributed by atoms with Crippen LogP contribution in [-0.4, -0.2) is 64.0 Å². The van der Waals surface area contributed by atoms with Crippen molar-refractivity contribution in [1.29, 1.82) is 0 Å². The topological polar surface area (TPSA) is 171 Å². The Morgan fingerprint density at radius 2 is 1.96 bits per heavy atom. The van der Waals surface area contributed by atoms with Gasteiger partial charge in [-0.3, -0.25) is 19.1 Å². The Kier molecular flexibility index (Phi) is 8.03. The molecule has 47 heavy (non-hydrogen) atoms. The van der Waals surface area contributed by atoms with Crippen LogP contribution < -0.4 is 25.8 Å². The number of fused-ring (bicyclic) bond motifs is 2. The summed E-state index contributed by atoms with van der Waals surface area (Å²) in [5, 5.41) is 21.3. The first kappa shape index (κ1) is 31.8. The molecule has 1 saturated carbocycles. The van der Waals surface area contributed by atoms with Crippen molar-refractivity contribution >= 4 is 34.3 Å². The summed E-state index contributed by atoms with van der Waals surface area (Å²) in [4.78, 5) is 41.5. The molecule has 2 aromatic carbocycles. The van der Waals surface area contributed by atoms with Crippen molar-refractivity contribution in [2.75, 3.05) is 25.6 Å². The Hall–Kier alpha value is -5.18. The Labute approximate surface area is 266 Å². The zero-order valence-electron chi connectivity index (χ0n) is 25.4. The largest absolute Gasteiger partial charge is 0.494 e. The minimum atomic E-state index is -5.34. The quantitative estimate of drug-likeness (QED) is 0.191. The van der Waals surface area contributed by atoms with Crippen LogP contribution in [0.25, 0.3) is 22.2 Å². The molecule has 2 aliphatic rings. The van der Waals surface area contributed by atoms with Crippen molar-refractivity contribution in [3.05, 3.63) is 65.0 Å². The van der Waals surface area contributed by atoms with Crippen molar-refractivity contribution in [1.82, 2.24) is 20.1 Å². The van der Waals surface area contributed by atoms with Gasteiger partial charge in [0.1, 0.15) is 22.7 Å². The van der Waals surface area contributed by atoms with Crippen LogP contribution in [0.1, 0.15) is 53.0 Å². The van der Waals surface area contributed by atoms with Gasteiger partial charge in [0.15, 0.2) is 0 Å². The SMILES string of the molecule is CCOc1c(CC(N)=O)cc([C@@](O)(CNC(=O)c2cc(OC)c3nn(C4CC4)cc3c2)C(F)(F)F)nc1-c1ccc2c(c1)CC(=O)N2. The third kappa shape index (κ3) is 6.05. The number of nitrogens with two attached hydrogens (primary N) is 1. The maximum Gasteiger partial charge on any atom is 0.424 e. The average molecular weight is 653 g/mol. The van der Waals surface area contributed by atoms with Gasteiger partial charge in [0.25, 0.3) is 5.91 Å². The summed E-state index contributed by atoms with van der Waals surface area (Å²) in [5.41, 5.74) is 2.55. The molecular weight excluding hydrogens is 621 g/mol. The number of rotatable bonds is 11. The lowest BCUT2D eigenvalue weighted by Gasteiger charge is -2.31. The van der Waals surface area contributed by atoms with Crippen molar-refractivity contribution in [2.24, 2.45) is 5.73 Å². The number of aliphatic hydroxyl groups is 1. The van der Waals surface area contributed by atoms with Gasteiger partial charge in [-0.2, -0.15) is 18.3 Å². The molecular formula is C32H31F3N6O6. The van der Waals surface area contributed by atoms with E-state index in [0.717, 1.165) is 18.9 Å². The first-order valence-corrected chi connectivity index (χ1v) is 14.8. The summed E-state index contributed by atoms with van der Waals surface area (Å²) < 4.78 is 57.4. The van der Waals surface area contributed by atoms with Crippen LogP contribution in [0.5, 0.6) is 11.5 Å². The van der Waals surface area contributed by atoms with Crippen molar-refractivity contribution < 1.29 is 42.1 Å². The number of ether oxygens (including phenoxy) is 2. The van der Waals surface area contributed by atoms with Gasteiger partial charge in [0.05, 0.1) is 44.8 Å². The molecule has 0 bridgehead atoms. The van der Waals surface area contributed by atoms with E-state index in [1.807, 2.05) is 0 Å². The van der Waals surface area contributed by atoms with Crippen molar-refractivity contribution in [3.63, 3.8) is 0 Å². The fourth-order valence-corrected chi connectivity index (χ4v) is 5.58. The van der Waals surface area contributed by atoms with Crippen molar-refractivity contribution in [2.45, 2.75) is 50.4 Å². The van der Waals surface area contributed by atoms with E-state index in [0.29, 0.717) is 22.2 Å². The van der Waals surface area contributed by atoms with Crippen LogP contribution in [0.4, 0.5) is 18.9 Å². The number of pyridine rings is 1. The van der Waals surface area contributed by atoms with Gasteiger partial charge in [-0.1, -0.05) is 6.07 Å². The lowest BCUT2D eigenvalue weighted by molar-refractivity contribution is -0.265. The third-order valence-electron chi connectivity index (χ3n) is 8.10. The molecule has 2 aromatic heterocycles. The predicted molar refractivity (Wildman–Crippen MR) is 163 cm³/mol. The number of nitrogens with zero attached hydrogens (tertiary/aromatic N) is 3. The minimum absolute atomic E-state index is 0.00650. The Balaban J connectivity index is 1.40. The molecule has 0 unspecified atom stereocenters. The molecule has 6 rings (SSSR count). The van der Waals surface area contributed by atoms with Gasteiger partial charge in [-0.15, -0.1) is 0 Å². The molecule has 246 valence electrons. The molecule has 1 atom stereocenters. The van der Waals surface area contributed by atoms with E-state index in [2.05, 4.69) is 20.7 Å². The molecule has 0 spiro atoms. The smallest absolute Gasteiger partial charge is 0.424 e. The summed E-state index contributed by atoms with van der Waals surface area (Å²) in [6, 6.07) is 8.66. The molecule has 4 aromatic rings. The second-order valence-electron chi connectivity index (χ2n) is 11.5. The van der Waals surface area contributed by atoms with Gasteiger partial charge in [-0.05, 0) is 55.7 Å². The molecule has 1 aliphatic carbocycles. The van der Waals surface area contributed by atoms with Gasteiger partial charge in [-0.25, -0.2) is 4.98 Å². The molecule has 1 aliphatic heterocycles. The number of primary amides is 1. The van der Waals surface area contributed by atoms with E-state index in [1.165, 1.54) is 25.3 Å². The lowest BCUT2D eigenvalue weighted by Crippen LogP contribution is -2.51. The standard InChI is InChI=1S/C32H31F3N6O6/c1-3-47-29-18(12-25(36)42)11-24(39-28(29)16-4-7-22-17(8-16)13-26(43)38-22)31(45,32(33,34)35)15-37-30(44)19-9-20-14-41(21-5-6-21)40-27(20)23(10-19)46-2/h4,7-11,14,21,45H,3,5-6,12-13,15H2,1-2H3,(H2,36,42)(H,37,44)(H,38,43)/t31-/m0/s1. The average Bonchev–Trinajstić information content (AvgIpc) is 3.67. The molecule has 1 fully saturated rings. The number of hydrogen-bond donors (Lipinski definition) is 4. The number of anilines is 1. The molecule has 15 heteroatoms. The number of alkyl halides is 3. The minimum Gasteiger partial charge on any atom is -0.494 e. The highest BCUT2D eigenvalue weighted by atomic mass is 19.4. The third-order valence-corrected chi connectivity index (χ3v) is 8.10. The highest BCUT2D eigenvalue weighted by Gasteiger charge is 2.57. The lowest BCUT2D eigenvalue weighted by atomic mass is 9.93. The number of amides is 3. The Morgan fingerprint density at radius 1 is 1.19 bits per heavy atom. The Morgan fingerprint density at radius 3 is 2.62 bits per heavy atom. The maximum absolute atomic E-state index is 14.8. The van der Waals surface area contributed by atoms with Crippen molar-refractivity contribution in [3.8, 4) is 22.8 Å². The zero-order valence-corrected chi connectivity index (χ0v) is 25.4. The van der Waals surface area contributed by atoms with Gasteiger partial charge >= 0.3 is 6.18 Å². The van der Waals surface area contributed by atoms with E-state index in [9.17, 15) is 32.7 Å². The fourth-order valence-electron chi connectivity index (χ4n) is 5.58. The van der Waals surface area contributed by atoms with Gasteiger partial charge < -0.3 is 30.9 Å². The van der Waals surface area contributed by atoms with Crippen LogP contribution in [0.2, 0.25) is 0 Å². The summed E-state index contributed by atoms with van der Waals surface area (Å²) in [7, 11) is 1.39. The van der Waals surface area contributed by atoms with Crippen LogP contribution in [0.15, 0.2) is 42.6 Å². The van der Waals surface area contributed by atoms with Crippen LogP contribution in [0.3, 0.4) is 0 Å². The summed E-state index contributed by atoms with van der Waals surface area (Å²) in [5.74, 6) is -1.78. The fraction of sp³-hybridized carbons (Fsp3) is 0.344. The summed E-state index contributed by atoms with van der Waals surface area (Å²) in [6.45, 7) is 0.385. The van der Waals surface area contributed by atoms with E-state index >= 15 is 0 Å². The number of benzene rings is 2. The van der Waals surface area contributed by atoms with Gasteiger partial charge in [0, 0.05) is 34.0 Å². The second kappa shape index (κ2) is 11.9. The molecule has 0 saturated heterocycles. The molecule has 0 radical (unpaired) electrons. The molecule has 3 heterocycles. The second-order valence-corrected chi connectivity index (χ2v) is 11.5. The molecule has 5 N–H and O–H groups in total. The first-order chi connectivity index (χ1) is 22.3. The number of aromatic nitrogens is 3. The number of nitrogens with one attached hydrogen (secondary N) is 2. The molecule has 3 amide bonds. The summed E-state index contributed by atoms with van der Waals surface area (Å²) in [6.07, 6.45) is -2.16. The van der Waals surface area contributed by atoms with Gasteiger partial charge in [0.2, 0.25) is 17.4 Å². The number of carbonyl (C=O) groups excluding carboxylic acids is 3. The monoisotopic (exact) mass is 652 g/mol. The van der Waals surface area contributed by atoms with E-state index in [-0.39, 0.29) is 58.9 Å². The van der Waals surface area contributed by atoms with Crippen LogP contribution in [0, 0.1) is 0 Å². The maximum atomic E-state index is 14.8. The number of hydrogen-bond acceptors (Lipinski definition) is 8. The Bertz CT molecular complexity index is 1920. The van der Waals surface area contributed by atoms with E-state index < -0.39 is 42.3 Å². The summed E-state index contributed by atoms with van der Waals surface area (Å²) >= 11 is 0. The molecule has 12 nitrogen and oxygen atoms in total. The van der Waals surface area contributed by atoms with E-state index in [4.69, 9.17) is 15.2 Å². The highest BCUT2D eigenvalue weighted by Crippen LogP contribution is 2.43. The zero-order chi connectivity index (χ0) is 33.7. The van der Waals surface area contributed by atoms with Crippen LogP contribution >= 0.6 is 0 Å². The highest BCUT2D eigenvalue weighted by molar-refractivity contribution is 6.00. The normalized spacial score (nSPS) is 15.6. The van der Waals surface area contributed by atoms with E-state index in [1.54, 1.807) is 29.9 Å². The number of methoxy groups -OCH3 is 1. The number of carbonyl (C=O) groups is 3.